The Labute approximate surface area is 186 Å². The standard InChI is InChI=1S/C24H28N2O6/c1-11-17-19(29)15-12(6-7-13(18(15)28)26(4)5)8-22(17,2)10-23(3)9-14(27)16(21(25)31)20(30)24(11,23)32/h6-7,27-28,32H,8-10H2,1-5H3,(H2,25,31)/t22-,23+,24-/m0/s1. The second-order valence-corrected chi connectivity index (χ2v) is 10.1. The molecule has 0 bridgehead atoms. The largest absolute Gasteiger partial charge is 0.511 e. The second-order valence-electron chi connectivity index (χ2n) is 10.1. The predicted octanol–water partition coefficient (Wildman–Crippen LogP) is 1.93. The van der Waals surface area contributed by atoms with Crippen LogP contribution in [0.2, 0.25) is 0 Å². The third-order valence-corrected chi connectivity index (χ3v) is 7.58. The zero-order chi connectivity index (χ0) is 24.0. The van der Waals surface area contributed by atoms with Gasteiger partial charge in [-0.3, -0.25) is 14.4 Å². The van der Waals surface area contributed by atoms with Crippen LogP contribution in [0.5, 0.6) is 5.75 Å². The van der Waals surface area contributed by atoms with Gasteiger partial charge in [0.2, 0.25) is 5.78 Å². The first-order chi connectivity index (χ1) is 14.7. The molecule has 1 aromatic rings. The van der Waals surface area contributed by atoms with Gasteiger partial charge in [0.15, 0.2) is 11.4 Å². The number of carbonyl (C=O) groups is 3. The van der Waals surface area contributed by atoms with Crippen LogP contribution in [-0.4, -0.2) is 52.5 Å². The molecule has 0 fully saturated rings. The number of allylic oxidation sites excluding steroid dienone is 2. The number of amides is 1. The van der Waals surface area contributed by atoms with E-state index in [9.17, 15) is 29.7 Å². The second kappa shape index (κ2) is 6.45. The molecule has 5 N–H and O–H groups in total. The molecule has 32 heavy (non-hydrogen) atoms. The topological polar surface area (TPSA) is 141 Å². The molecule has 0 spiro atoms. The number of fused-ring (bicyclic) bond motifs is 3. The van der Waals surface area contributed by atoms with Crippen molar-refractivity contribution in [1.82, 2.24) is 0 Å². The molecule has 3 atom stereocenters. The molecular formula is C24H28N2O6. The van der Waals surface area contributed by atoms with E-state index >= 15 is 0 Å². The minimum atomic E-state index is -2.18. The van der Waals surface area contributed by atoms with E-state index in [0.29, 0.717) is 17.7 Å². The Morgan fingerprint density at radius 3 is 2.31 bits per heavy atom. The van der Waals surface area contributed by atoms with Crippen molar-refractivity contribution >= 4 is 23.2 Å². The number of rotatable bonds is 2. The Balaban J connectivity index is 2.00. The van der Waals surface area contributed by atoms with Gasteiger partial charge in [0.05, 0.1) is 11.3 Å². The molecule has 0 saturated carbocycles. The fourth-order valence-corrected chi connectivity index (χ4v) is 6.35. The highest BCUT2D eigenvalue weighted by atomic mass is 16.3. The van der Waals surface area contributed by atoms with Gasteiger partial charge in [-0.15, -0.1) is 0 Å². The number of nitrogens with two attached hydrogens (primary N) is 1. The number of carbonyl (C=O) groups excluding carboxylic acids is 3. The van der Waals surface area contributed by atoms with E-state index in [2.05, 4.69) is 0 Å². The maximum atomic E-state index is 13.8. The van der Waals surface area contributed by atoms with E-state index in [1.54, 1.807) is 32.0 Å². The average molecular weight is 440 g/mol. The number of phenols is 1. The van der Waals surface area contributed by atoms with Crippen LogP contribution in [0.3, 0.4) is 0 Å². The lowest BCUT2D eigenvalue weighted by molar-refractivity contribution is -0.152. The van der Waals surface area contributed by atoms with E-state index in [0.717, 1.165) is 0 Å². The summed E-state index contributed by atoms with van der Waals surface area (Å²) in [6.07, 6.45) is 0.501. The number of aliphatic hydroxyl groups excluding tert-OH is 1. The molecule has 0 heterocycles. The summed E-state index contributed by atoms with van der Waals surface area (Å²) in [6, 6.07) is 3.57. The lowest BCUT2D eigenvalue weighted by Crippen LogP contribution is -2.63. The number of Topliss-reactive ketones (excluding diaryl/α,β-unsaturated/α-hetero) is 2. The van der Waals surface area contributed by atoms with Crippen molar-refractivity contribution < 1.29 is 29.7 Å². The van der Waals surface area contributed by atoms with Gasteiger partial charge in [-0.2, -0.15) is 0 Å². The molecule has 4 rings (SSSR count). The molecule has 1 amide bonds. The smallest absolute Gasteiger partial charge is 0.255 e. The van der Waals surface area contributed by atoms with Crippen LogP contribution in [0, 0.1) is 10.8 Å². The minimum absolute atomic E-state index is 0.125. The van der Waals surface area contributed by atoms with Gasteiger partial charge in [-0.1, -0.05) is 19.9 Å². The highest BCUT2D eigenvalue weighted by molar-refractivity contribution is 6.25. The Morgan fingerprint density at radius 1 is 1.12 bits per heavy atom. The van der Waals surface area contributed by atoms with Gasteiger partial charge in [0.25, 0.3) is 5.91 Å². The summed E-state index contributed by atoms with van der Waals surface area (Å²) in [7, 11) is 3.51. The number of hydrogen-bond acceptors (Lipinski definition) is 7. The number of hydrogen-bond donors (Lipinski definition) is 4. The minimum Gasteiger partial charge on any atom is -0.511 e. The Bertz CT molecular complexity index is 1180. The molecule has 170 valence electrons. The maximum absolute atomic E-state index is 13.8. The van der Waals surface area contributed by atoms with Crippen molar-refractivity contribution in [3.8, 4) is 5.75 Å². The Morgan fingerprint density at radius 2 is 1.75 bits per heavy atom. The van der Waals surface area contributed by atoms with Crippen LogP contribution in [0.4, 0.5) is 5.69 Å². The predicted molar refractivity (Wildman–Crippen MR) is 117 cm³/mol. The van der Waals surface area contributed by atoms with Gasteiger partial charge in [-0.05, 0) is 37.0 Å². The van der Waals surface area contributed by atoms with Gasteiger partial charge in [0.1, 0.15) is 17.1 Å². The van der Waals surface area contributed by atoms with Crippen molar-refractivity contribution in [3.63, 3.8) is 0 Å². The third kappa shape index (κ3) is 2.50. The fraction of sp³-hybridized carbons (Fsp3) is 0.458. The first-order valence-corrected chi connectivity index (χ1v) is 10.5. The summed E-state index contributed by atoms with van der Waals surface area (Å²) < 4.78 is 0. The van der Waals surface area contributed by atoms with Crippen LogP contribution in [0.15, 0.2) is 34.6 Å². The summed E-state index contributed by atoms with van der Waals surface area (Å²) in [5.41, 5.74) is 2.33. The molecule has 0 radical (unpaired) electrons. The summed E-state index contributed by atoms with van der Waals surface area (Å²) in [5, 5.41) is 33.1. The zero-order valence-corrected chi connectivity index (χ0v) is 18.9. The zero-order valence-electron chi connectivity index (χ0n) is 18.9. The molecule has 0 unspecified atom stereocenters. The molecule has 1 aromatic carbocycles. The molecular weight excluding hydrogens is 412 g/mol. The monoisotopic (exact) mass is 440 g/mol. The number of aliphatic hydroxyl groups is 2. The van der Waals surface area contributed by atoms with Crippen LogP contribution in [0.1, 0.15) is 49.5 Å². The van der Waals surface area contributed by atoms with Crippen molar-refractivity contribution in [2.45, 2.75) is 45.6 Å². The number of nitrogens with zero attached hydrogens (tertiary/aromatic N) is 1. The first kappa shape index (κ1) is 22.1. The number of aromatic hydroxyl groups is 1. The van der Waals surface area contributed by atoms with Crippen LogP contribution in [0.25, 0.3) is 0 Å². The van der Waals surface area contributed by atoms with Gasteiger partial charge in [0, 0.05) is 36.9 Å². The number of benzene rings is 1. The van der Waals surface area contributed by atoms with E-state index in [-0.39, 0.29) is 35.3 Å². The molecule has 8 nitrogen and oxygen atoms in total. The SMILES string of the molecule is CC1=C2C(=O)c3c(ccc(N(C)C)c3O)C[C@@]2(C)C[C@@]2(C)CC(O)=C(C(N)=O)C(=O)[C@@]12O. The summed E-state index contributed by atoms with van der Waals surface area (Å²) in [5.74, 6) is -3.15. The van der Waals surface area contributed by atoms with Crippen molar-refractivity contribution in [2.24, 2.45) is 16.6 Å². The van der Waals surface area contributed by atoms with Gasteiger partial charge >= 0.3 is 0 Å². The summed E-state index contributed by atoms with van der Waals surface area (Å²) in [4.78, 5) is 40.6. The van der Waals surface area contributed by atoms with Crippen molar-refractivity contribution in [3.05, 3.63) is 45.7 Å². The highest BCUT2D eigenvalue weighted by Gasteiger charge is 2.66. The van der Waals surface area contributed by atoms with E-state index in [1.807, 2.05) is 13.0 Å². The number of ketones is 2. The van der Waals surface area contributed by atoms with E-state index in [1.165, 1.54) is 6.92 Å². The number of phenolic OH excluding ortho intramolecular Hbond substituents is 1. The van der Waals surface area contributed by atoms with Crippen molar-refractivity contribution in [2.75, 3.05) is 19.0 Å². The van der Waals surface area contributed by atoms with Crippen LogP contribution < -0.4 is 10.6 Å². The molecule has 3 aliphatic rings. The Kier molecular flexibility index (Phi) is 4.45. The highest BCUT2D eigenvalue weighted by Crippen LogP contribution is 2.62. The quantitative estimate of drug-likeness (QED) is 0.515. The Hall–Kier alpha value is -3.13. The molecule has 8 heteroatoms. The molecule has 0 saturated heterocycles. The van der Waals surface area contributed by atoms with Gasteiger partial charge < -0.3 is 26.0 Å². The number of primary amides is 1. The summed E-state index contributed by atoms with van der Waals surface area (Å²) in [6.45, 7) is 5.08. The van der Waals surface area contributed by atoms with Crippen molar-refractivity contribution in [1.29, 1.82) is 0 Å². The van der Waals surface area contributed by atoms with Crippen LogP contribution in [-0.2, 0) is 16.0 Å². The average Bonchev–Trinajstić information content (AvgIpc) is 2.63. The van der Waals surface area contributed by atoms with Crippen LogP contribution >= 0.6 is 0 Å². The third-order valence-electron chi connectivity index (χ3n) is 7.58. The molecule has 0 aliphatic heterocycles. The maximum Gasteiger partial charge on any atom is 0.255 e. The lowest BCUT2D eigenvalue weighted by Gasteiger charge is -2.57. The van der Waals surface area contributed by atoms with Gasteiger partial charge in [-0.25, -0.2) is 0 Å². The lowest BCUT2D eigenvalue weighted by atomic mass is 9.47. The molecule has 3 aliphatic carbocycles. The van der Waals surface area contributed by atoms with E-state index < -0.39 is 45.2 Å². The first-order valence-electron chi connectivity index (χ1n) is 10.5. The normalized spacial score (nSPS) is 31.8. The van der Waals surface area contributed by atoms with E-state index in [4.69, 9.17) is 5.73 Å². The molecule has 0 aromatic heterocycles. The summed E-state index contributed by atoms with van der Waals surface area (Å²) >= 11 is 0. The fourth-order valence-electron chi connectivity index (χ4n) is 6.35. The number of anilines is 1.